The Morgan fingerprint density at radius 3 is 2.42 bits per heavy atom. The predicted octanol–water partition coefficient (Wildman–Crippen LogP) is 4.12. The molecule has 0 bridgehead atoms. The minimum atomic E-state index is -0.736. The molecule has 1 aliphatic rings. The van der Waals surface area contributed by atoms with Gasteiger partial charge in [-0.2, -0.15) is 0 Å². The molecule has 0 aliphatic carbocycles. The van der Waals surface area contributed by atoms with Crippen molar-refractivity contribution in [2.24, 2.45) is 16.6 Å². The third-order valence-corrected chi connectivity index (χ3v) is 4.80. The van der Waals surface area contributed by atoms with Gasteiger partial charge in [-0.25, -0.2) is 4.99 Å². The van der Waals surface area contributed by atoms with Gasteiger partial charge in [0, 0.05) is 0 Å². The van der Waals surface area contributed by atoms with E-state index in [0.717, 1.165) is 11.1 Å². The lowest BCUT2D eigenvalue weighted by Gasteiger charge is -2.23. The fraction of sp³-hybridized carbons (Fsp3) is 0.364. The molecule has 0 spiro atoms. The van der Waals surface area contributed by atoms with E-state index in [0.29, 0.717) is 24.8 Å². The number of aryl methyl sites for hydroxylation is 1. The van der Waals surface area contributed by atoms with Gasteiger partial charge in [-0.3, -0.25) is 9.69 Å². The molecule has 0 saturated carbocycles. The quantitative estimate of drug-likeness (QED) is 0.882. The second-order valence-corrected chi connectivity index (χ2v) is 7.80. The van der Waals surface area contributed by atoms with Crippen molar-refractivity contribution >= 4 is 11.9 Å². The first-order valence-electron chi connectivity index (χ1n) is 9.12. The number of hydrogen-bond acceptors (Lipinski definition) is 3. The molecule has 136 valence electrons. The highest BCUT2D eigenvalue weighted by Gasteiger charge is 2.43. The molecule has 3 rings (SSSR count). The van der Waals surface area contributed by atoms with Crippen molar-refractivity contribution in [2.75, 3.05) is 0 Å². The number of carbonyl (C=O) groups excluding carboxylic acids is 1. The molecule has 0 fully saturated rings. The van der Waals surface area contributed by atoms with Crippen LogP contribution in [-0.2, 0) is 11.3 Å². The second-order valence-electron chi connectivity index (χ2n) is 7.80. The Hall–Kier alpha value is -2.62. The summed E-state index contributed by atoms with van der Waals surface area (Å²) in [4.78, 5) is 18.9. The van der Waals surface area contributed by atoms with Crippen LogP contribution in [-0.4, -0.2) is 22.3 Å². The Kier molecular flexibility index (Phi) is 4.86. The number of aliphatic imine (C=N–C) groups is 1. The molecule has 0 saturated heterocycles. The highest BCUT2D eigenvalue weighted by molar-refractivity contribution is 6.06. The molecule has 1 atom stereocenters. The van der Waals surface area contributed by atoms with Gasteiger partial charge in [0.2, 0.25) is 0 Å². The second kappa shape index (κ2) is 6.94. The minimum absolute atomic E-state index is 0.00791. The van der Waals surface area contributed by atoms with Crippen molar-refractivity contribution in [1.29, 1.82) is 0 Å². The van der Waals surface area contributed by atoms with E-state index in [1.165, 1.54) is 11.1 Å². The Balaban J connectivity index is 1.76. The van der Waals surface area contributed by atoms with Gasteiger partial charge in [0.15, 0.2) is 5.96 Å². The summed E-state index contributed by atoms with van der Waals surface area (Å²) in [6.45, 7) is 8.61. The van der Waals surface area contributed by atoms with E-state index < -0.39 is 5.54 Å². The number of benzene rings is 2. The minimum Gasteiger partial charge on any atom is -0.369 e. The van der Waals surface area contributed by atoms with E-state index in [1.807, 2.05) is 6.92 Å². The zero-order chi connectivity index (χ0) is 18.9. The van der Waals surface area contributed by atoms with Gasteiger partial charge in [-0.1, -0.05) is 67.9 Å². The molecule has 0 aromatic heterocycles. The smallest absolute Gasteiger partial charge is 0.257 e. The highest BCUT2D eigenvalue weighted by atomic mass is 16.2. The van der Waals surface area contributed by atoms with Gasteiger partial charge in [0.05, 0.1) is 6.54 Å². The standard InChI is InChI=1S/C22H27N3O/c1-15(2)13-22(4)20(26)25(21(23)24-22)14-17-8-10-18(11-9-17)19-7-5-6-16(3)12-19/h5-12,15H,13-14H2,1-4H3,(H2,23,24). The van der Waals surface area contributed by atoms with Gasteiger partial charge in [0.1, 0.15) is 5.54 Å². The molecule has 1 amide bonds. The summed E-state index contributed by atoms with van der Waals surface area (Å²) >= 11 is 0. The van der Waals surface area contributed by atoms with Crippen LogP contribution in [0.3, 0.4) is 0 Å². The van der Waals surface area contributed by atoms with E-state index in [2.05, 4.69) is 74.3 Å². The molecule has 1 unspecified atom stereocenters. The van der Waals surface area contributed by atoms with E-state index in [-0.39, 0.29) is 5.91 Å². The first kappa shape index (κ1) is 18.2. The van der Waals surface area contributed by atoms with Crippen molar-refractivity contribution in [3.8, 4) is 11.1 Å². The maximum Gasteiger partial charge on any atom is 0.257 e. The zero-order valence-corrected chi connectivity index (χ0v) is 16.0. The Bertz CT molecular complexity index is 839. The Morgan fingerprint density at radius 2 is 1.81 bits per heavy atom. The zero-order valence-electron chi connectivity index (χ0n) is 16.0. The lowest BCUT2D eigenvalue weighted by Crippen LogP contribution is -2.43. The maximum atomic E-state index is 12.8. The van der Waals surface area contributed by atoms with E-state index >= 15 is 0 Å². The summed E-state index contributed by atoms with van der Waals surface area (Å²) in [6.07, 6.45) is 0.704. The average Bonchev–Trinajstić information content (AvgIpc) is 2.78. The molecule has 0 radical (unpaired) electrons. The monoisotopic (exact) mass is 349 g/mol. The molecule has 4 nitrogen and oxygen atoms in total. The lowest BCUT2D eigenvalue weighted by molar-refractivity contribution is -0.131. The normalized spacial score (nSPS) is 20.0. The van der Waals surface area contributed by atoms with Crippen LogP contribution < -0.4 is 5.73 Å². The van der Waals surface area contributed by atoms with Crippen LogP contribution in [0.25, 0.3) is 11.1 Å². The average molecular weight is 349 g/mol. The first-order chi connectivity index (χ1) is 12.3. The lowest BCUT2D eigenvalue weighted by atomic mass is 9.91. The van der Waals surface area contributed by atoms with Crippen LogP contribution in [0.4, 0.5) is 0 Å². The summed E-state index contributed by atoms with van der Waals surface area (Å²) in [7, 11) is 0. The molecule has 1 aliphatic heterocycles. The van der Waals surface area contributed by atoms with Gasteiger partial charge in [-0.05, 0) is 42.9 Å². The fourth-order valence-corrected chi connectivity index (χ4v) is 3.65. The largest absolute Gasteiger partial charge is 0.369 e. The number of guanidine groups is 1. The van der Waals surface area contributed by atoms with Crippen molar-refractivity contribution in [3.63, 3.8) is 0 Å². The molecular weight excluding hydrogens is 322 g/mol. The molecule has 2 N–H and O–H groups in total. The molecule has 1 heterocycles. The molecule has 4 heteroatoms. The summed E-state index contributed by atoms with van der Waals surface area (Å²) in [5.41, 5.74) is 9.96. The first-order valence-corrected chi connectivity index (χ1v) is 9.12. The third-order valence-electron chi connectivity index (χ3n) is 4.80. The van der Waals surface area contributed by atoms with Crippen LogP contribution in [0.2, 0.25) is 0 Å². The van der Waals surface area contributed by atoms with Crippen LogP contribution in [0, 0.1) is 12.8 Å². The third kappa shape index (κ3) is 3.64. The van der Waals surface area contributed by atoms with Crippen molar-refractivity contribution < 1.29 is 4.79 Å². The summed E-state index contributed by atoms with van der Waals surface area (Å²) in [6, 6.07) is 16.7. The van der Waals surface area contributed by atoms with Crippen LogP contribution in [0.15, 0.2) is 53.5 Å². The van der Waals surface area contributed by atoms with Crippen molar-refractivity contribution in [2.45, 2.75) is 46.2 Å². The van der Waals surface area contributed by atoms with E-state index in [4.69, 9.17) is 5.73 Å². The van der Waals surface area contributed by atoms with Crippen LogP contribution >= 0.6 is 0 Å². The molecule has 2 aromatic rings. The van der Waals surface area contributed by atoms with E-state index in [1.54, 1.807) is 4.90 Å². The number of amides is 1. The number of rotatable bonds is 5. The Labute approximate surface area is 155 Å². The Morgan fingerprint density at radius 1 is 1.12 bits per heavy atom. The number of nitrogens with two attached hydrogens (primary N) is 1. The van der Waals surface area contributed by atoms with Crippen molar-refractivity contribution in [3.05, 3.63) is 59.7 Å². The van der Waals surface area contributed by atoms with Gasteiger partial charge in [-0.15, -0.1) is 0 Å². The summed E-state index contributed by atoms with van der Waals surface area (Å²) in [5.74, 6) is 0.696. The number of nitrogens with zero attached hydrogens (tertiary/aromatic N) is 2. The SMILES string of the molecule is Cc1cccc(-c2ccc(CN3C(=O)C(C)(CC(C)C)N=C3N)cc2)c1. The van der Waals surface area contributed by atoms with Gasteiger partial charge < -0.3 is 5.73 Å². The van der Waals surface area contributed by atoms with Crippen LogP contribution in [0.5, 0.6) is 0 Å². The van der Waals surface area contributed by atoms with Gasteiger partial charge in [0.25, 0.3) is 5.91 Å². The summed E-state index contributed by atoms with van der Waals surface area (Å²) in [5, 5.41) is 0. The predicted molar refractivity (Wildman–Crippen MR) is 107 cm³/mol. The van der Waals surface area contributed by atoms with Crippen molar-refractivity contribution in [1.82, 2.24) is 4.90 Å². The molecule has 2 aromatic carbocycles. The topological polar surface area (TPSA) is 58.7 Å². The van der Waals surface area contributed by atoms with Gasteiger partial charge >= 0.3 is 0 Å². The van der Waals surface area contributed by atoms with E-state index in [9.17, 15) is 4.79 Å². The highest BCUT2D eigenvalue weighted by Crippen LogP contribution is 2.29. The fourth-order valence-electron chi connectivity index (χ4n) is 3.65. The summed E-state index contributed by atoms with van der Waals surface area (Å²) < 4.78 is 0. The number of hydrogen-bond donors (Lipinski definition) is 1. The number of carbonyl (C=O) groups is 1. The maximum absolute atomic E-state index is 12.8. The molecular formula is C22H27N3O. The van der Waals surface area contributed by atoms with Crippen LogP contribution in [0.1, 0.15) is 38.3 Å². The molecule has 26 heavy (non-hydrogen) atoms.